The number of primary amides is 1. The topological polar surface area (TPSA) is 287 Å². The molecule has 6 atom stereocenters. The van der Waals surface area contributed by atoms with Gasteiger partial charge in [-0.2, -0.15) is 0 Å². The van der Waals surface area contributed by atoms with E-state index in [1.165, 1.54) is 29.2 Å². The monoisotopic (exact) mass is 753 g/mol. The van der Waals surface area contributed by atoms with Crippen LogP contribution in [0.5, 0.6) is 5.75 Å². The highest BCUT2D eigenvalue weighted by atomic mass is 31.2. The highest BCUT2D eigenvalue weighted by Gasteiger charge is 2.39. The summed E-state index contributed by atoms with van der Waals surface area (Å²) in [7, 11) is -4.75. The number of amides is 7. The first-order valence-electron chi connectivity index (χ1n) is 16.9. The molecule has 1 saturated heterocycles. The maximum atomic E-state index is 14.0. The van der Waals surface area contributed by atoms with E-state index < -0.39 is 90.4 Å². The molecule has 1 aliphatic rings. The van der Waals surface area contributed by atoms with Crippen molar-refractivity contribution in [3.8, 4) is 5.75 Å². The van der Waals surface area contributed by atoms with Gasteiger partial charge in [0, 0.05) is 19.4 Å². The van der Waals surface area contributed by atoms with E-state index >= 15 is 0 Å². The Bertz CT molecular complexity index is 1510. The number of carbonyl (C=O) groups excluding carboxylic acids is 7. The Hall–Kier alpha value is -4.54. The zero-order valence-corrected chi connectivity index (χ0v) is 31.1. The van der Waals surface area contributed by atoms with Crippen molar-refractivity contribution in [3.63, 3.8) is 0 Å². The van der Waals surface area contributed by atoms with Crippen molar-refractivity contribution < 1.29 is 53.0 Å². The SMILES string of the molecule is CC(C)[C@H](NC(=O)[C@@H]1CCCN1C=O)C(=O)N[C@@H](Cc1ccc(O)cc1)C(=O)N[C@H](C(=O)N[C@@H](CCC(N)=O)C(=O)N[C@@H](C)P(=O)(O)O)C(C)(C)C. The number of benzene rings is 1. The molecule has 10 N–H and O–H groups in total. The zero-order chi connectivity index (χ0) is 39.6. The molecule has 1 aliphatic heterocycles. The molecule has 1 aromatic carbocycles. The van der Waals surface area contributed by atoms with Gasteiger partial charge in [-0.1, -0.05) is 46.8 Å². The predicted octanol–water partition coefficient (Wildman–Crippen LogP) is -0.898. The molecule has 1 heterocycles. The molecule has 290 valence electrons. The Balaban J connectivity index is 2.38. The largest absolute Gasteiger partial charge is 0.508 e. The molecule has 0 spiro atoms. The molecular formula is C33H52N7O11P. The van der Waals surface area contributed by atoms with Crippen molar-refractivity contribution in [2.45, 2.75) is 110 Å². The van der Waals surface area contributed by atoms with Crippen LogP contribution in [0.3, 0.4) is 0 Å². The number of carbonyl (C=O) groups is 7. The number of rotatable bonds is 18. The number of hydrogen-bond donors (Lipinski definition) is 9. The number of nitrogens with one attached hydrogen (secondary N) is 5. The van der Waals surface area contributed by atoms with Gasteiger partial charge in [0.15, 0.2) is 0 Å². The lowest BCUT2D eigenvalue weighted by Gasteiger charge is -2.33. The van der Waals surface area contributed by atoms with E-state index in [1.807, 2.05) is 0 Å². The molecule has 1 fully saturated rings. The molecule has 7 amide bonds. The summed E-state index contributed by atoms with van der Waals surface area (Å²) >= 11 is 0. The Morgan fingerprint density at radius 1 is 0.904 bits per heavy atom. The third-order valence-electron chi connectivity index (χ3n) is 8.57. The van der Waals surface area contributed by atoms with E-state index in [0.717, 1.165) is 6.92 Å². The van der Waals surface area contributed by atoms with Crippen LogP contribution in [0.2, 0.25) is 0 Å². The Labute approximate surface area is 302 Å². The van der Waals surface area contributed by atoms with Crippen LogP contribution in [0, 0.1) is 11.3 Å². The summed E-state index contributed by atoms with van der Waals surface area (Å²) in [5.74, 6) is -6.84. The Morgan fingerprint density at radius 2 is 1.48 bits per heavy atom. The summed E-state index contributed by atoms with van der Waals surface area (Å²) in [5.41, 5.74) is 4.75. The normalized spacial score (nSPS) is 17.6. The fourth-order valence-corrected chi connectivity index (χ4v) is 5.73. The van der Waals surface area contributed by atoms with Gasteiger partial charge in [-0.25, -0.2) is 0 Å². The van der Waals surface area contributed by atoms with Crippen LogP contribution >= 0.6 is 7.60 Å². The van der Waals surface area contributed by atoms with Crippen LogP contribution in [-0.4, -0.2) is 104 Å². The minimum atomic E-state index is -4.75. The van der Waals surface area contributed by atoms with Gasteiger partial charge in [0.25, 0.3) is 0 Å². The highest BCUT2D eigenvalue weighted by molar-refractivity contribution is 7.52. The van der Waals surface area contributed by atoms with Gasteiger partial charge in [-0.15, -0.1) is 0 Å². The second-order valence-electron chi connectivity index (χ2n) is 14.3. The quantitative estimate of drug-likeness (QED) is 0.0654. The van der Waals surface area contributed by atoms with E-state index in [-0.39, 0.29) is 25.0 Å². The van der Waals surface area contributed by atoms with E-state index in [1.54, 1.807) is 34.6 Å². The smallest absolute Gasteiger partial charge is 0.347 e. The maximum Gasteiger partial charge on any atom is 0.347 e. The second kappa shape index (κ2) is 18.8. The average Bonchev–Trinajstić information content (AvgIpc) is 3.52. The van der Waals surface area contributed by atoms with Gasteiger partial charge in [0.05, 0.1) is 0 Å². The first-order chi connectivity index (χ1) is 24.0. The van der Waals surface area contributed by atoms with Gasteiger partial charge in [-0.05, 0) is 55.2 Å². The van der Waals surface area contributed by atoms with Gasteiger partial charge >= 0.3 is 7.60 Å². The third-order valence-corrected chi connectivity index (χ3v) is 9.71. The average molecular weight is 754 g/mol. The summed E-state index contributed by atoms with van der Waals surface area (Å²) in [6, 6.07) is -0.185. The lowest BCUT2D eigenvalue weighted by atomic mass is 9.85. The summed E-state index contributed by atoms with van der Waals surface area (Å²) in [4.78, 5) is 111. The molecule has 0 unspecified atom stereocenters. The Morgan fingerprint density at radius 3 is 2.00 bits per heavy atom. The number of phenolic OH excluding ortho intramolecular Hbond substituents is 1. The minimum Gasteiger partial charge on any atom is -0.508 e. The van der Waals surface area contributed by atoms with Crippen LogP contribution in [-0.2, 0) is 44.5 Å². The first kappa shape index (κ1) is 43.6. The molecule has 1 aromatic rings. The van der Waals surface area contributed by atoms with Crippen LogP contribution in [0.4, 0.5) is 0 Å². The van der Waals surface area contributed by atoms with Gasteiger partial charge in [0.2, 0.25) is 41.9 Å². The first-order valence-corrected chi connectivity index (χ1v) is 18.6. The molecular weight excluding hydrogens is 701 g/mol. The fraction of sp³-hybridized carbons (Fsp3) is 0.606. The van der Waals surface area contributed by atoms with E-state index in [4.69, 9.17) is 5.73 Å². The molecule has 18 nitrogen and oxygen atoms in total. The summed E-state index contributed by atoms with van der Waals surface area (Å²) in [6.45, 7) is 9.71. The molecule has 52 heavy (non-hydrogen) atoms. The predicted molar refractivity (Wildman–Crippen MR) is 188 cm³/mol. The lowest BCUT2D eigenvalue weighted by molar-refractivity contribution is -0.137. The molecule has 0 saturated carbocycles. The molecule has 0 radical (unpaired) electrons. The van der Waals surface area contributed by atoms with Crippen molar-refractivity contribution >= 4 is 49.4 Å². The summed E-state index contributed by atoms with van der Waals surface area (Å²) < 4.78 is 11.6. The minimum absolute atomic E-state index is 0.0396. The number of aromatic hydroxyl groups is 1. The molecule has 0 aliphatic carbocycles. The van der Waals surface area contributed by atoms with E-state index in [9.17, 15) is 53.0 Å². The molecule has 0 bridgehead atoms. The number of hydrogen-bond acceptors (Lipinski definition) is 9. The van der Waals surface area contributed by atoms with Crippen LogP contribution in [0.15, 0.2) is 24.3 Å². The van der Waals surface area contributed by atoms with Crippen LogP contribution in [0.25, 0.3) is 0 Å². The molecule has 19 heteroatoms. The van der Waals surface area contributed by atoms with Gasteiger partial charge < -0.3 is 52.1 Å². The number of likely N-dealkylation sites (tertiary alicyclic amines) is 1. The summed E-state index contributed by atoms with van der Waals surface area (Å²) in [6.07, 6.45) is 0.830. The maximum absolute atomic E-state index is 14.0. The second-order valence-corrected chi connectivity index (χ2v) is 16.3. The third kappa shape index (κ3) is 13.2. The standard InChI is InChI=1S/C33H52N7O11P/c1-18(2)26(38-30(46)24-8-7-15-40(24)17-41)31(47)37-23(16-20-9-11-21(42)12-10-20)29(45)39-27(33(4,5)6)32(48)36-22(13-14-25(34)43)28(44)35-19(3)52(49,50)51/h9-12,17-19,22-24,26-27,42H,7-8,13-16H2,1-6H3,(H2,34,43)(H,35,44)(H,36,48)(H,37,47)(H,38,46)(H,39,45)(H2,49,50,51)/t19-,22+,23+,24+,26+,27-/m1/s1. The number of phenols is 1. The number of nitrogens with zero attached hydrogens (tertiary/aromatic N) is 1. The van der Waals surface area contributed by atoms with E-state index in [0.29, 0.717) is 31.4 Å². The van der Waals surface area contributed by atoms with Crippen molar-refractivity contribution in [1.82, 2.24) is 31.5 Å². The fourth-order valence-electron chi connectivity index (χ4n) is 5.44. The van der Waals surface area contributed by atoms with Crippen molar-refractivity contribution in [2.24, 2.45) is 17.1 Å². The van der Waals surface area contributed by atoms with Crippen molar-refractivity contribution in [1.29, 1.82) is 0 Å². The highest BCUT2D eigenvalue weighted by Crippen LogP contribution is 2.39. The Kier molecular flexibility index (Phi) is 15.8. The van der Waals surface area contributed by atoms with E-state index in [2.05, 4.69) is 26.6 Å². The van der Waals surface area contributed by atoms with Crippen molar-refractivity contribution in [3.05, 3.63) is 29.8 Å². The lowest BCUT2D eigenvalue weighted by Crippen LogP contribution is -2.62. The van der Waals surface area contributed by atoms with Gasteiger partial charge in [0.1, 0.15) is 41.7 Å². The zero-order valence-electron chi connectivity index (χ0n) is 30.3. The van der Waals surface area contributed by atoms with Crippen LogP contribution < -0.4 is 32.3 Å². The van der Waals surface area contributed by atoms with Gasteiger partial charge in [-0.3, -0.25) is 38.1 Å². The molecule has 2 rings (SSSR count). The number of nitrogens with two attached hydrogens (primary N) is 1. The van der Waals surface area contributed by atoms with Crippen LogP contribution in [0.1, 0.15) is 72.8 Å². The van der Waals surface area contributed by atoms with Crippen molar-refractivity contribution in [2.75, 3.05) is 6.54 Å². The summed E-state index contributed by atoms with van der Waals surface area (Å²) in [5, 5.41) is 22.4. The molecule has 0 aromatic heterocycles.